The second kappa shape index (κ2) is 5.01. The van der Waals surface area contributed by atoms with Gasteiger partial charge in [0, 0.05) is 6.08 Å². The van der Waals surface area contributed by atoms with Gasteiger partial charge in [-0.3, -0.25) is 9.69 Å². The summed E-state index contributed by atoms with van der Waals surface area (Å²) in [7, 11) is -3.05. The number of carbonyl (C=O) groups is 1. The summed E-state index contributed by atoms with van der Waals surface area (Å²) in [6.45, 7) is 0. The monoisotopic (exact) mass is 329 g/mol. The van der Waals surface area contributed by atoms with E-state index in [1.807, 2.05) is 0 Å². The van der Waals surface area contributed by atoms with Crippen LogP contribution in [-0.4, -0.2) is 41.1 Å². The van der Waals surface area contributed by atoms with Crippen molar-refractivity contribution in [2.24, 2.45) is 0 Å². The van der Waals surface area contributed by atoms with E-state index in [0.717, 1.165) is 0 Å². The first-order chi connectivity index (χ1) is 9.46. The van der Waals surface area contributed by atoms with E-state index in [0.29, 0.717) is 21.4 Å². The van der Waals surface area contributed by atoms with E-state index < -0.39 is 9.84 Å². The number of hydrogen-bond acceptors (Lipinski definition) is 6. The van der Waals surface area contributed by atoms with E-state index in [4.69, 9.17) is 16.6 Å². The van der Waals surface area contributed by atoms with Crippen molar-refractivity contribution in [3.05, 3.63) is 29.1 Å². The Morgan fingerprint density at radius 3 is 2.90 bits per heavy atom. The fraction of sp³-hybridized carbons (Fsp3) is 0.333. The molecule has 0 aliphatic carbocycles. The summed E-state index contributed by atoms with van der Waals surface area (Å²) in [6, 6.07) is 3.14. The molecule has 0 saturated carbocycles. The van der Waals surface area contributed by atoms with Crippen molar-refractivity contribution in [1.82, 2.24) is 4.90 Å². The predicted molar refractivity (Wildman–Crippen MR) is 80.8 cm³/mol. The van der Waals surface area contributed by atoms with Crippen LogP contribution in [0.5, 0.6) is 0 Å². The standard InChI is InChI=1S/C12H11NO4S3/c14-11-10(6-9-2-1-4-17-9)19-12(18)13(11)8-3-5-20(15,16)7-8/h1-2,4,6,8H,3,5,7H2/b10-6-/t8-/m1/s1. The second-order valence-corrected chi connectivity index (χ2v) is 8.53. The van der Waals surface area contributed by atoms with Gasteiger partial charge in [-0.25, -0.2) is 8.42 Å². The van der Waals surface area contributed by atoms with Crippen LogP contribution in [0.1, 0.15) is 12.2 Å². The number of furan rings is 1. The zero-order valence-electron chi connectivity index (χ0n) is 10.3. The Kier molecular flexibility index (Phi) is 3.47. The normalized spacial score (nSPS) is 27.7. The second-order valence-electron chi connectivity index (χ2n) is 4.62. The third-order valence-corrected chi connectivity index (χ3v) is 6.29. The number of sulfone groups is 1. The Balaban J connectivity index is 1.85. The highest BCUT2D eigenvalue weighted by atomic mass is 32.2. The van der Waals surface area contributed by atoms with E-state index in [1.165, 1.54) is 22.9 Å². The molecule has 106 valence electrons. The van der Waals surface area contributed by atoms with Gasteiger partial charge in [-0.15, -0.1) is 0 Å². The SMILES string of the molecule is O=C1/C(=C/c2ccco2)SC(=S)N1[C@@H]1CCS(=O)(=O)C1. The van der Waals surface area contributed by atoms with Crippen molar-refractivity contribution in [1.29, 1.82) is 0 Å². The summed E-state index contributed by atoms with van der Waals surface area (Å²) in [5.74, 6) is 0.447. The maximum absolute atomic E-state index is 12.4. The molecular weight excluding hydrogens is 318 g/mol. The molecule has 2 aliphatic rings. The van der Waals surface area contributed by atoms with Gasteiger partial charge < -0.3 is 4.42 Å². The molecular formula is C12H11NO4S3. The van der Waals surface area contributed by atoms with Gasteiger partial charge >= 0.3 is 0 Å². The molecule has 8 heteroatoms. The van der Waals surface area contributed by atoms with E-state index in [2.05, 4.69) is 0 Å². The molecule has 1 aromatic rings. The van der Waals surface area contributed by atoms with Gasteiger partial charge in [-0.05, 0) is 18.6 Å². The number of hydrogen-bond donors (Lipinski definition) is 0. The van der Waals surface area contributed by atoms with Crippen molar-refractivity contribution < 1.29 is 17.6 Å². The number of amides is 1. The van der Waals surface area contributed by atoms with Crippen molar-refractivity contribution in [3.8, 4) is 0 Å². The Bertz CT molecular complexity index is 690. The Labute approximate surface area is 125 Å². The minimum atomic E-state index is -3.05. The van der Waals surface area contributed by atoms with Gasteiger partial charge in [0.1, 0.15) is 10.1 Å². The van der Waals surface area contributed by atoms with Crippen LogP contribution in [0.15, 0.2) is 27.7 Å². The zero-order chi connectivity index (χ0) is 14.3. The molecule has 20 heavy (non-hydrogen) atoms. The van der Waals surface area contributed by atoms with Gasteiger partial charge in [0.25, 0.3) is 5.91 Å². The van der Waals surface area contributed by atoms with E-state index in [9.17, 15) is 13.2 Å². The van der Waals surface area contributed by atoms with E-state index in [1.54, 1.807) is 18.2 Å². The fourth-order valence-electron chi connectivity index (χ4n) is 2.28. The molecule has 1 amide bonds. The molecule has 0 unspecified atom stereocenters. The molecule has 1 aromatic heterocycles. The lowest BCUT2D eigenvalue weighted by molar-refractivity contribution is -0.123. The summed E-state index contributed by atoms with van der Waals surface area (Å²) in [5.41, 5.74) is 0. The maximum atomic E-state index is 12.4. The third-order valence-electron chi connectivity index (χ3n) is 3.21. The van der Waals surface area contributed by atoms with E-state index in [-0.39, 0.29) is 23.5 Å². The first-order valence-corrected chi connectivity index (χ1v) is 9.02. The minimum absolute atomic E-state index is 0.00648. The van der Waals surface area contributed by atoms with Gasteiger partial charge in [-0.2, -0.15) is 0 Å². The Morgan fingerprint density at radius 1 is 1.50 bits per heavy atom. The molecule has 2 aliphatic heterocycles. The number of rotatable bonds is 2. The van der Waals surface area contributed by atoms with E-state index >= 15 is 0 Å². The summed E-state index contributed by atoms with van der Waals surface area (Å²) in [5, 5.41) is 0. The highest BCUT2D eigenvalue weighted by Crippen LogP contribution is 2.36. The lowest BCUT2D eigenvalue weighted by atomic mass is 10.2. The van der Waals surface area contributed by atoms with Crippen LogP contribution in [0.2, 0.25) is 0 Å². The van der Waals surface area contributed by atoms with Gasteiger partial charge in [0.15, 0.2) is 9.84 Å². The molecule has 0 N–H and O–H groups in total. The molecule has 2 saturated heterocycles. The fourth-order valence-corrected chi connectivity index (χ4v) is 5.36. The quantitative estimate of drug-likeness (QED) is 0.607. The molecule has 0 aromatic carbocycles. The minimum Gasteiger partial charge on any atom is -0.465 e. The number of nitrogens with zero attached hydrogens (tertiary/aromatic N) is 1. The zero-order valence-corrected chi connectivity index (χ0v) is 12.8. The van der Waals surface area contributed by atoms with Crippen molar-refractivity contribution >= 4 is 50.1 Å². The summed E-state index contributed by atoms with van der Waals surface area (Å²) >= 11 is 6.38. The maximum Gasteiger partial charge on any atom is 0.266 e. The van der Waals surface area contributed by atoms with Crippen LogP contribution in [0.3, 0.4) is 0 Å². The van der Waals surface area contributed by atoms with Crippen LogP contribution in [0.25, 0.3) is 6.08 Å². The largest absolute Gasteiger partial charge is 0.465 e. The first kappa shape index (κ1) is 13.8. The molecule has 0 radical (unpaired) electrons. The smallest absolute Gasteiger partial charge is 0.266 e. The van der Waals surface area contributed by atoms with Gasteiger partial charge in [0.05, 0.1) is 28.7 Å². The Morgan fingerprint density at radius 2 is 2.30 bits per heavy atom. The topological polar surface area (TPSA) is 67.6 Å². The predicted octanol–water partition coefficient (Wildman–Crippen LogP) is 1.67. The number of thiocarbonyl (C=S) groups is 1. The molecule has 2 fully saturated rings. The third kappa shape index (κ3) is 2.55. The van der Waals surface area contributed by atoms with Crippen molar-refractivity contribution in [2.75, 3.05) is 11.5 Å². The lowest BCUT2D eigenvalue weighted by Crippen LogP contribution is -2.39. The highest BCUT2D eigenvalue weighted by Gasteiger charge is 2.42. The molecule has 0 bridgehead atoms. The molecule has 0 spiro atoms. The average molecular weight is 329 g/mol. The molecule has 5 nitrogen and oxygen atoms in total. The van der Waals surface area contributed by atoms with Crippen LogP contribution in [0.4, 0.5) is 0 Å². The van der Waals surface area contributed by atoms with Crippen LogP contribution >= 0.6 is 24.0 Å². The lowest BCUT2D eigenvalue weighted by Gasteiger charge is -2.20. The molecule has 3 rings (SSSR count). The summed E-state index contributed by atoms with van der Waals surface area (Å²) in [6.07, 6.45) is 3.60. The highest BCUT2D eigenvalue weighted by molar-refractivity contribution is 8.26. The Hall–Kier alpha value is -1.12. The first-order valence-electron chi connectivity index (χ1n) is 5.97. The number of thioether (sulfide) groups is 1. The van der Waals surface area contributed by atoms with Gasteiger partial charge in [-0.1, -0.05) is 24.0 Å². The van der Waals surface area contributed by atoms with Crippen LogP contribution in [0, 0.1) is 0 Å². The summed E-state index contributed by atoms with van der Waals surface area (Å²) in [4.78, 5) is 14.2. The van der Waals surface area contributed by atoms with Gasteiger partial charge in [0.2, 0.25) is 0 Å². The number of carbonyl (C=O) groups excluding carboxylic acids is 1. The van der Waals surface area contributed by atoms with Crippen molar-refractivity contribution in [2.45, 2.75) is 12.5 Å². The molecule has 1 atom stereocenters. The summed E-state index contributed by atoms with van der Waals surface area (Å²) < 4.78 is 28.6. The molecule has 3 heterocycles. The van der Waals surface area contributed by atoms with Crippen LogP contribution in [-0.2, 0) is 14.6 Å². The average Bonchev–Trinajstić information content (AvgIpc) is 3.03. The van der Waals surface area contributed by atoms with Crippen molar-refractivity contribution in [3.63, 3.8) is 0 Å². The van der Waals surface area contributed by atoms with Crippen LogP contribution < -0.4 is 0 Å².